The quantitative estimate of drug-likeness (QED) is 0.629. The Hall–Kier alpha value is -3.61. The van der Waals surface area contributed by atoms with Crippen molar-refractivity contribution in [2.45, 2.75) is 6.04 Å². The van der Waals surface area contributed by atoms with Gasteiger partial charge in [-0.15, -0.1) is 10.2 Å². The van der Waals surface area contributed by atoms with Crippen LogP contribution in [0.3, 0.4) is 0 Å². The lowest BCUT2D eigenvalue weighted by atomic mass is 9.98. The Bertz CT molecular complexity index is 862. The minimum absolute atomic E-state index is 0.151. The van der Waals surface area contributed by atoms with Crippen LogP contribution in [0.25, 0.3) is 0 Å². The molecule has 0 saturated carbocycles. The maximum Gasteiger partial charge on any atom is 0.358 e. The summed E-state index contributed by atoms with van der Waals surface area (Å²) in [5.41, 5.74) is 2.19. The van der Waals surface area contributed by atoms with Gasteiger partial charge in [0.2, 0.25) is 0 Å². The molecule has 0 spiro atoms. The molecule has 2 aromatic carbocycles. The van der Waals surface area contributed by atoms with Crippen molar-refractivity contribution in [3.8, 4) is 11.5 Å². The maximum absolute atomic E-state index is 11.5. The molecule has 0 radical (unpaired) electrons. The van der Waals surface area contributed by atoms with E-state index in [0.717, 1.165) is 22.6 Å². The van der Waals surface area contributed by atoms with Crippen molar-refractivity contribution in [3.05, 3.63) is 77.5 Å². The third-order valence-corrected chi connectivity index (χ3v) is 4.25. The summed E-state index contributed by atoms with van der Waals surface area (Å²) < 4.78 is 15.1. The second-order valence-electron chi connectivity index (χ2n) is 5.92. The molecule has 0 amide bonds. The predicted octanol–water partition coefficient (Wildman–Crippen LogP) is 3.48. The molecular weight excluding hydrogens is 358 g/mol. The van der Waals surface area contributed by atoms with Crippen molar-refractivity contribution >= 4 is 11.8 Å². The molecule has 7 nitrogen and oxygen atoms in total. The molecule has 28 heavy (non-hydrogen) atoms. The Labute approximate surface area is 163 Å². The van der Waals surface area contributed by atoms with Crippen LogP contribution in [0.15, 0.2) is 60.7 Å². The second-order valence-corrected chi connectivity index (χ2v) is 5.92. The molecule has 7 heteroatoms. The molecular formula is C21H21N3O4. The lowest BCUT2D eigenvalue weighted by Gasteiger charge is -2.21. The number of anilines is 1. The van der Waals surface area contributed by atoms with Gasteiger partial charge in [-0.05, 0) is 47.5 Å². The Morgan fingerprint density at radius 1 is 0.786 bits per heavy atom. The van der Waals surface area contributed by atoms with E-state index in [-0.39, 0.29) is 11.7 Å². The maximum atomic E-state index is 11.5. The summed E-state index contributed by atoms with van der Waals surface area (Å²) in [5, 5.41) is 11.4. The van der Waals surface area contributed by atoms with Gasteiger partial charge in [0, 0.05) is 0 Å². The number of benzene rings is 2. The zero-order chi connectivity index (χ0) is 19.9. The number of nitrogens with one attached hydrogen (secondary N) is 1. The van der Waals surface area contributed by atoms with Crippen molar-refractivity contribution in [1.82, 2.24) is 10.2 Å². The lowest BCUT2D eigenvalue weighted by Crippen LogP contribution is -2.14. The number of hydrogen-bond acceptors (Lipinski definition) is 7. The van der Waals surface area contributed by atoms with Gasteiger partial charge in [-0.3, -0.25) is 0 Å². The number of hydrogen-bond donors (Lipinski definition) is 1. The first-order valence-corrected chi connectivity index (χ1v) is 8.61. The molecule has 0 unspecified atom stereocenters. The van der Waals surface area contributed by atoms with Crippen LogP contribution < -0.4 is 14.8 Å². The van der Waals surface area contributed by atoms with Gasteiger partial charge in [-0.2, -0.15) is 0 Å². The third kappa shape index (κ3) is 4.37. The third-order valence-electron chi connectivity index (χ3n) is 4.25. The fraction of sp³-hybridized carbons (Fsp3) is 0.190. The van der Waals surface area contributed by atoms with Gasteiger partial charge < -0.3 is 19.5 Å². The number of rotatable bonds is 7. The number of carbonyl (C=O) groups excluding carboxylic acids is 1. The summed E-state index contributed by atoms with van der Waals surface area (Å²) in [5.74, 6) is 1.56. The standard InChI is InChI=1S/C21H21N3O4/c1-26-16-8-4-14(5-9-16)20(15-6-10-17(27-2)11-7-15)22-19-13-12-18(23-24-19)21(25)28-3/h4-13,20H,1-3H3,(H,22,24). The Kier molecular flexibility index (Phi) is 6.06. The van der Waals surface area contributed by atoms with Crippen molar-refractivity contribution in [2.75, 3.05) is 26.6 Å². The summed E-state index contributed by atoms with van der Waals surface area (Å²) in [4.78, 5) is 11.5. The van der Waals surface area contributed by atoms with Crippen LogP contribution in [0.2, 0.25) is 0 Å². The number of esters is 1. The topological polar surface area (TPSA) is 82.6 Å². The van der Waals surface area contributed by atoms with E-state index in [0.29, 0.717) is 5.82 Å². The zero-order valence-corrected chi connectivity index (χ0v) is 15.9. The molecule has 1 heterocycles. The predicted molar refractivity (Wildman–Crippen MR) is 105 cm³/mol. The van der Waals surface area contributed by atoms with E-state index >= 15 is 0 Å². The number of ether oxygens (including phenoxy) is 3. The molecule has 1 N–H and O–H groups in total. The number of nitrogens with zero attached hydrogens (tertiary/aromatic N) is 2. The van der Waals surface area contributed by atoms with E-state index in [4.69, 9.17) is 9.47 Å². The highest BCUT2D eigenvalue weighted by molar-refractivity contribution is 5.86. The van der Waals surface area contributed by atoms with Crippen molar-refractivity contribution in [3.63, 3.8) is 0 Å². The van der Waals surface area contributed by atoms with E-state index in [1.165, 1.54) is 7.11 Å². The average Bonchev–Trinajstić information content (AvgIpc) is 2.77. The van der Waals surface area contributed by atoms with Crippen LogP contribution in [0.1, 0.15) is 27.7 Å². The van der Waals surface area contributed by atoms with Crippen LogP contribution in [0.4, 0.5) is 5.82 Å². The van der Waals surface area contributed by atoms with Crippen LogP contribution in [-0.4, -0.2) is 37.5 Å². The van der Waals surface area contributed by atoms with Gasteiger partial charge in [0.25, 0.3) is 0 Å². The fourth-order valence-electron chi connectivity index (χ4n) is 2.72. The highest BCUT2D eigenvalue weighted by atomic mass is 16.5. The smallest absolute Gasteiger partial charge is 0.358 e. The first-order chi connectivity index (χ1) is 13.6. The van der Waals surface area contributed by atoms with Gasteiger partial charge in [-0.25, -0.2) is 4.79 Å². The van der Waals surface area contributed by atoms with Gasteiger partial charge in [0.1, 0.15) is 17.3 Å². The highest BCUT2D eigenvalue weighted by Gasteiger charge is 2.16. The van der Waals surface area contributed by atoms with E-state index in [2.05, 4.69) is 20.3 Å². The molecule has 0 aliphatic heterocycles. The minimum atomic E-state index is -0.527. The normalized spacial score (nSPS) is 10.4. The summed E-state index contributed by atoms with van der Waals surface area (Å²) >= 11 is 0. The Balaban J connectivity index is 1.91. The molecule has 3 rings (SSSR count). The minimum Gasteiger partial charge on any atom is -0.497 e. The van der Waals surface area contributed by atoms with E-state index < -0.39 is 5.97 Å². The van der Waals surface area contributed by atoms with Gasteiger partial charge in [0.05, 0.1) is 27.4 Å². The molecule has 0 saturated heterocycles. The number of methoxy groups -OCH3 is 3. The van der Waals surface area contributed by atoms with Crippen molar-refractivity contribution in [2.24, 2.45) is 0 Å². The van der Waals surface area contributed by atoms with E-state index in [9.17, 15) is 4.79 Å². The summed E-state index contributed by atoms with van der Waals surface area (Å²) in [6.07, 6.45) is 0. The van der Waals surface area contributed by atoms with Crippen LogP contribution in [-0.2, 0) is 4.74 Å². The second kappa shape index (κ2) is 8.85. The highest BCUT2D eigenvalue weighted by Crippen LogP contribution is 2.28. The van der Waals surface area contributed by atoms with Gasteiger partial charge in [-0.1, -0.05) is 24.3 Å². The van der Waals surface area contributed by atoms with Crippen LogP contribution >= 0.6 is 0 Å². The van der Waals surface area contributed by atoms with Crippen molar-refractivity contribution in [1.29, 1.82) is 0 Å². The Morgan fingerprint density at radius 3 is 1.71 bits per heavy atom. The van der Waals surface area contributed by atoms with Crippen LogP contribution in [0, 0.1) is 0 Å². The Morgan fingerprint density at radius 2 is 1.32 bits per heavy atom. The lowest BCUT2D eigenvalue weighted by molar-refractivity contribution is 0.0592. The molecule has 1 aromatic heterocycles. The summed E-state index contributed by atoms with van der Waals surface area (Å²) in [6, 6.07) is 18.6. The fourth-order valence-corrected chi connectivity index (χ4v) is 2.72. The number of carbonyl (C=O) groups is 1. The van der Waals surface area contributed by atoms with Gasteiger partial charge >= 0.3 is 5.97 Å². The largest absolute Gasteiger partial charge is 0.497 e. The molecule has 0 aliphatic carbocycles. The molecule has 0 aliphatic rings. The molecule has 3 aromatic rings. The SMILES string of the molecule is COC(=O)c1ccc(NC(c2ccc(OC)cc2)c2ccc(OC)cc2)nn1. The summed E-state index contributed by atoms with van der Waals surface area (Å²) in [6.45, 7) is 0. The van der Waals surface area contributed by atoms with Crippen LogP contribution in [0.5, 0.6) is 11.5 Å². The van der Waals surface area contributed by atoms with E-state index in [1.54, 1.807) is 26.4 Å². The summed E-state index contributed by atoms with van der Waals surface area (Å²) in [7, 11) is 4.57. The molecule has 144 valence electrons. The first-order valence-electron chi connectivity index (χ1n) is 8.61. The zero-order valence-electron chi connectivity index (χ0n) is 15.9. The molecule has 0 fully saturated rings. The average molecular weight is 379 g/mol. The monoisotopic (exact) mass is 379 g/mol. The molecule has 0 atom stereocenters. The number of aromatic nitrogens is 2. The van der Waals surface area contributed by atoms with E-state index in [1.807, 2.05) is 48.5 Å². The van der Waals surface area contributed by atoms with Gasteiger partial charge in [0.15, 0.2) is 5.69 Å². The first kappa shape index (κ1) is 19.2. The molecule has 0 bridgehead atoms. The van der Waals surface area contributed by atoms with Crippen molar-refractivity contribution < 1.29 is 19.0 Å².